The maximum atomic E-state index is 14.1. The van der Waals surface area contributed by atoms with Gasteiger partial charge in [0.25, 0.3) is 5.91 Å². The quantitative estimate of drug-likeness (QED) is 0.445. The Morgan fingerprint density at radius 3 is 2.48 bits per heavy atom. The van der Waals surface area contributed by atoms with Gasteiger partial charge in [-0.15, -0.1) is 0 Å². The van der Waals surface area contributed by atoms with Crippen molar-refractivity contribution < 1.29 is 33.0 Å². The Labute approximate surface area is 256 Å². The van der Waals surface area contributed by atoms with Gasteiger partial charge in [-0.3, -0.25) is 19.4 Å². The number of nitrogens with zero attached hydrogens (tertiary/aromatic N) is 4. The predicted octanol–water partition coefficient (Wildman–Crippen LogP) is 2.68. The molecule has 1 fully saturated rings. The number of hydrazone groups is 1. The van der Waals surface area contributed by atoms with Gasteiger partial charge in [0.1, 0.15) is 40.8 Å². The van der Waals surface area contributed by atoms with Gasteiger partial charge >= 0.3 is 6.09 Å². The third-order valence-electron chi connectivity index (χ3n) is 7.35. The van der Waals surface area contributed by atoms with E-state index in [0.29, 0.717) is 18.6 Å². The number of halogens is 1. The molecule has 1 unspecified atom stereocenters. The largest absolute Gasteiger partial charge is 0.489 e. The number of carbonyl (C=O) groups is 4. The molecule has 2 N–H and O–H groups in total. The lowest BCUT2D eigenvalue weighted by atomic mass is 9.73. The number of benzene rings is 1. The molecule has 0 aliphatic carbocycles. The smallest absolute Gasteiger partial charge is 0.408 e. The number of amides is 4. The molecule has 0 spiro atoms. The first-order valence-electron chi connectivity index (χ1n) is 14.3. The summed E-state index contributed by atoms with van der Waals surface area (Å²) in [6, 6.07) is 9.34. The lowest BCUT2D eigenvalue weighted by molar-refractivity contribution is -0.143. The zero-order valence-electron chi connectivity index (χ0n) is 25.8. The molecule has 2 aliphatic rings. The van der Waals surface area contributed by atoms with Crippen molar-refractivity contribution >= 4 is 29.5 Å². The van der Waals surface area contributed by atoms with Crippen molar-refractivity contribution in [3.05, 3.63) is 60.2 Å². The van der Waals surface area contributed by atoms with Crippen LogP contribution in [-0.2, 0) is 25.5 Å². The number of rotatable bonds is 9. The molecule has 0 radical (unpaired) electrons. The minimum Gasteiger partial charge on any atom is -0.489 e. The number of aromatic nitrogens is 1. The molecular formula is C31H39FN6O6. The number of likely N-dealkylation sites (tertiary alicyclic amines) is 1. The van der Waals surface area contributed by atoms with E-state index in [4.69, 9.17) is 9.47 Å². The van der Waals surface area contributed by atoms with Crippen LogP contribution in [0.5, 0.6) is 5.75 Å². The summed E-state index contributed by atoms with van der Waals surface area (Å²) < 4.78 is 24.8. The minimum atomic E-state index is -1.48. The summed E-state index contributed by atoms with van der Waals surface area (Å²) >= 11 is 0. The first-order valence-corrected chi connectivity index (χ1v) is 14.3. The van der Waals surface area contributed by atoms with Crippen LogP contribution in [0.25, 0.3) is 0 Å². The summed E-state index contributed by atoms with van der Waals surface area (Å²) in [5.41, 5.74) is -1.73. The van der Waals surface area contributed by atoms with E-state index in [0.717, 1.165) is 17.8 Å². The van der Waals surface area contributed by atoms with Crippen LogP contribution in [0.15, 0.2) is 53.9 Å². The first-order chi connectivity index (χ1) is 20.6. The molecule has 2 aromatic rings. The summed E-state index contributed by atoms with van der Waals surface area (Å²) in [4.78, 5) is 58.8. The maximum absolute atomic E-state index is 14.1. The lowest BCUT2D eigenvalue weighted by Gasteiger charge is -2.41. The summed E-state index contributed by atoms with van der Waals surface area (Å²) in [6.45, 7) is 7.94. The molecule has 4 rings (SSSR count). The highest BCUT2D eigenvalue weighted by atomic mass is 19.1. The van der Waals surface area contributed by atoms with E-state index in [1.807, 2.05) is 30.3 Å². The lowest BCUT2D eigenvalue weighted by Crippen LogP contribution is -2.63. The number of hydrogen-bond acceptors (Lipinski definition) is 8. The number of nitrogens with one attached hydrogen (secondary N) is 2. The molecule has 2 aliphatic heterocycles. The van der Waals surface area contributed by atoms with Gasteiger partial charge in [0.15, 0.2) is 0 Å². The van der Waals surface area contributed by atoms with E-state index in [-0.39, 0.29) is 31.4 Å². The van der Waals surface area contributed by atoms with Gasteiger partial charge in [0, 0.05) is 32.6 Å². The van der Waals surface area contributed by atoms with Crippen molar-refractivity contribution in [1.29, 1.82) is 0 Å². The van der Waals surface area contributed by atoms with Gasteiger partial charge in [0.2, 0.25) is 11.8 Å². The van der Waals surface area contributed by atoms with E-state index in [9.17, 15) is 23.6 Å². The average molecular weight is 611 g/mol. The second-order valence-corrected chi connectivity index (χ2v) is 12.6. The highest BCUT2D eigenvalue weighted by Crippen LogP contribution is 2.38. The van der Waals surface area contributed by atoms with E-state index >= 15 is 0 Å². The zero-order valence-corrected chi connectivity index (χ0v) is 25.8. The van der Waals surface area contributed by atoms with Crippen molar-refractivity contribution in [2.75, 3.05) is 26.7 Å². The van der Waals surface area contributed by atoms with Crippen molar-refractivity contribution in [2.24, 2.45) is 10.5 Å². The van der Waals surface area contributed by atoms with Gasteiger partial charge in [-0.2, -0.15) is 5.10 Å². The summed E-state index contributed by atoms with van der Waals surface area (Å²) in [6.07, 6.45) is 2.19. The van der Waals surface area contributed by atoms with Crippen LogP contribution < -0.4 is 15.4 Å². The van der Waals surface area contributed by atoms with Crippen LogP contribution in [0.3, 0.4) is 0 Å². The number of ether oxygens (including phenoxy) is 2. The summed E-state index contributed by atoms with van der Waals surface area (Å²) in [5, 5.41) is 11.0. The fourth-order valence-corrected chi connectivity index (χ4v) is 5.22. The van der Waals surface area contributed by atoms with Crippen LogP contribution in [0.1, 0.15) is 46.6 Å². The molecule has 12 nitrogen and oxygen atoms in total. The van der Waals surface area contributed by atoms with E-state index < -0.39 is 46.3 Å². The van der Waals surface area contributed by atoms with Crippen LogP contribution >= 0.6 is 0 Å². The molecule has 2 atom stereocenters. The van der Waals surface area contributed by atoms with Crippen LogP contribution in [-0.4, -0.2) is 88.3 Å². The maximum Gasteiger partial charge on any atom is 0.408 e. The minimum absolute atomic E-state index is 0.0379. The standard InChI is InChI=1S/C31H39FN6O6/c1-29(2,3)44-28(42)35-30(4,5)26(40)34-23(18-43-22-14-21(32)16-33-17-22)25(39)38-13-12-24-31(19-38,27(41)37(6)36-24)15-20-10-8-7-9-11-20/h7-11,14,16-17,23H,12-13,15,18-19H2,1-6H3,(H,34,40)(H,35,42)/t23?,31-/m1/s1. The number of hydrogen-bond donors (Lipinski definition) is 2. The van der Waals surface area contributed by atoms with Crippen LogP contribution in [0.4, 0.5) is 9.18 Å². The number of piperidine rings is 1. The van der Waals surface area contributed by atoms with E-state index in [1.54, 1.807) is 27.8 Å². The van der Waals surface area contributed by atoms with Gasteiger partial charge in [0.05, 0.1) is 18.1 Å². The highest BCUT2D eigenvalue weighted by Gasteiger charge is 2.54. The number of pyridine rings is 1. The second kappa shape index (κ2) is 12.6. The topological polar surface area (TPSA) is 143 Å². The van der Waals surface area contributed by atoms with E-state index in [2.05, 4.69) is 20.7 Å². The molecule has 1 aromatic heterocycles. The van der Waals surface area contributed by atoms with Crippen LogP contribution in [0, 0.1) is 11.2 Å². The third kappa shape index (κ3) is 7.50. The van der Waals surface area contributed by atoms with Crippen molar-refractivity contribution in [3.63, 3.8) is 0 Å². The van der Waals surface area contributed by atoms with Crippen molar-refractivity contribution in [2.45, 2.75) is 64.6 Å². The first kappa shape index (κ1) is 32.4. The monoisotopic (exact) mass is 610 g/mol. The predicted molar refractivity (Wildman–Crippen MR) is 159 cm³/mol. The average Bonchev–Trinajstić information content (AvgIpc) is 3.18. The fraction of sp³-hybridized carbons (Fsp3) is 0.484. The SMILES string of the molecule is CN1N=C2CCN(C(=O)C(COc3cncc(F)c3)NC(=O)C(C)(C)NC(=O)OC(C)(C)C)C[C@@]2(Cc2ccccc2)C1=O. The molecule has 1 aromatic carbocycles. The zero-order chi connectivity index (χ0) is 32.3. The molecule has 236 valence electrons. The Balaban J connectivity index is 1.57. The van der Waals surface area contributed by atoms with Crippen molar-refractivity contribution in [3.8, 4) is 5.75 Å². The fourth-order valence-electron chi connectivity index (χ4n) is 5.22. The Bertz CT molecular complexity index is 1440. The summed E-state index contributed by atoms with van der Waals surface area (Å²) in [5.74, 6) is -1.99. The van der Waals surface area contributed by atoms with Gasteiger partial charge in [-0.05, 0) is 46.6 Å². The molecule has 0 saturated carbocycles. The number of carbonyl (C=O) groups excluding carboxylic acids is 4. The number of fused-ring (bicyclic) bond motifs is 1. The highest BCUT2D eigenvalue weighted by molar-refractivity contribution is 6.13. The van der Waals surface area contributed by atoms with Crippen molar-refractivity contribution in [1.82, 2.24) is 25.5 Å². The van der Waals surface area contributed by atoms with Gasteiger partial charge < -0.3 is 25.0 Å². The molecule has 1 saturated heterocycles. The molecule has 3 heterocycles. The molecular weight excluding hydrogens is 571 g/mol. The molecule has 4 amide bonds. The van der Waals surface area contributed by atoms with E-state index in [1.165, 1.54) is 30.0 Å². The normalized spacial score (nSPS) is 19.1. The Hall–Kier alpha value is -4.55. The molecule has 0 bridgehead atoms. The number of alkyl carbamates (subject to hydrolysis) is 1. The third-order valence-corrected chi connectivity index (χ3v) is 7.35. The molecule has 44 heavy (non-hydrogen) atoms. The Morgan fingerprint density at radius 1 is 1.11 bits per heavy atom. The van der Waals surface area contributed by atoms with Crippen LogP contribution in [0.2, 0.25) is 0 Å². The Kier molecular flexibility index (Phi) is 9.26. The van der Waals surface area contributed by atoms with Gasteiger partial charge in [-0.25, -0.2) is 14.2 Å². The van der Waals surface area contributed by atoms with Gasteiger partial charge in [-0.1, -0.05) is 30.3 Å². The Morgan fingerprint density at radius 2 is 1.82 bits per heavy atom. The molecule has 13 heteroatoms. The summed E-state index contributed by atoms with van der Waals surface area (Å²) in [7, 11) is 1.59. The second-order valence-electron chi connectivity index (χ2n) is 12.6.